The fourth-order valence-corrected chi connectivity index (χ4v) is 5.42. The summed E-state index contributed by atoms with van der Waals surface area (Å²) in [4.78, 5) is 25.9. The van der Waals surface area contributed by atoms with Crippen molar-refractivity contribution < 1.29 is 9.59 Å². The number of carbonyl (C=O) groups excluding carboxylic acids is 2. The Hall–Kier alpha value is -3.60. The Balaban J connectivity index is 1.73. The summed E-state index contributed by atoms with van der Waals surface area (Å²) in [5.74, 6) is -0.190. The number of benzene rings is 4. The van der Waals surface area contributed by atoms with E-state index >= 15 is 0 Å². The summed E-state index contributed by atoms with van der Waals surface area (Å²) in [7, 11) is 0. The van der Waals surface area contributed by atoms with Gasteiger partial charge in [0.25, 0.3) is 11.8 Å². The number of carbonyl (C=O) groups is 2. The molecule has 0 aliphatic carbocycles. The molecule has 0 saturated carbocycles. The summed E-state index contributed by atoms with van der Waals surface area (Å²) in [6.45, 7) is 12.6. The zero-order chi connectivity index (χ0) is 29.9. The van der Waals surface area contributed by atoms with E-state index in [0.29, 0.717) is 32.5 Å². The maximum atomic E-state index is 13.0. The summed E-state index contributed by atoms with van der Waals surface area (Å²) >= 11 is 13.7. The number of anilines is 2. The van der Waals surface area contributed by atoms with E-state index in [2.05, 4.69) is 64.3 Å². The SMILES string of the molecule is CC(C)c1cc(C(C)(C)c2cc(Cl)c(NC(=O)c3ccccc3)c(C(C)C)c2)cc(Cl)c1NC(=O)c1ccccc1. The number of amides is 2. The van der Waals surface area contributed by atoms with E-state index < -0.39 is 5.41 Å². The quantitative estimate of drug-likeness (QED) is 0.216. The highest BCUT2D eigenvalue weighted by Gasteiger charge is 2.29. The lowest BCUT2D eigenvalue weighted by molar-refractivity contribution is 0.101. The van der Waals surface area contributed by atoms with Crippen molar-refractivity contribution >= 4 is 46.4 Å². The van der Waals surface area contributed by atoms with Crippen molar-refractivity contribution in [2.75, 3.05) is 10.6 Å². The summed E-state index contributed by atoms with van der Waals surface area (Å²) in [5, 5.41) is 7.02. The number of rotatable bonds is 8. The second kappa shape index (κ2) is 12.5. The Labute approximate surface area is 253 Å². The third kappa shape index (κ3) is 6.66. The molecule has 0 saturated heterocycles. The van der Waals surface area contributed by atoms with Gasteiger partial charge in [0.1, 0.15) is 0 Å². The summed E-state index contributed by atoms with van der Waals surface area (Å²) in [5.41, 5.74) is 5.79. The largest absolute Gasteiger partial charge is 0.320 e. The van der Waals surface area contributed by atoms with E-state index in [1.54, 1.807) is 24.3 Å². The van der Waals surface area contributed by atoms with E-state index in [4.69, 9.17) is 23.2 Å². The Morgan fingerprint density at radius 1 is 0.610 bits per heavy atom. The van der Waals surface area contributed by atoms with E-state index in [1.807, 2.05) is 48.5 Å². The molecule has 0 heterocycles. The van der Waals surface area contributed by atoms with Gasteiger partial charge in [-0.15, -0.1) is 0 Å². The van der Waals surface area contributed by atoms with Crippen LogP contribution in [-0.4, -0.2) is 11.8 Å². The van der Waals surface area contributed by atoms with Crippen LogP contribution in [-0.2, 0) is 5.41 Å². The zero-order valence-corrected chi connectivity index (χ0v) is 25.8. The average molecular weight is 588 g/mol. The lowest BCUT2D eigenvalue weighted by Gasteiger charge is -2.30. The van der Waals surface area contributed by atoms with Crippen LogP contribution < -0.4 is 10.6 Å². The monoisotopic (exact) mass is 586 g/mol. The molecular formula is C35H36Cl2N2O2. The zero-order valence-electron chi connectivity index (χ0n) is 24.3. The highest BCUT2D eigenvalue weighted by molar-refractivity contribution is 6.35. The van der Waals surface area contributed by atoms with Crippen molar-refractivity contribution in [1.29, 1.82) is 0 Å². The minimum Gasteiger partial charge on any atom is -0.320 e. The molecule has 0 radical (unpaired) electrons. The fraction of sp³-hybridized carbons (Fsp3) is 0.257. The van der Waals surface area contributed by atoms with Gasteiger partial charge in [-0.05, 0) is 70.5 Å². The van der Waals surface area contributed by atoms with Gasteiger partial charge in [0.15, 0.2) is 0 Å². The third-order valence-corrected chi connectivity index (χ3v) is 8.07. The first kappa shape index (κ1) is 30.4. The fourth-order valence-electron chi connectivity index (χ4n) is 4.87. The molecule has 0 aromatic heterocycles. The second-order valence-corrected chi connectivity index (χ2v) is 12.2. The molecule has 2 amide bonds. The summed E-state index contributed by atoms with van der Waals surface area (Å²) in [6.07, 6.45) is 0. The Kier molecular flexibility index (Phi) is 9.26. The Bertz CT molecular complexity index is 1450. The molecule has 212 valence electrons. The number of nitrogens with one attached hydrogen (secondary N) is 2. The van der Waals surface area contributed by atoms with Crippen molar-refractivity contribution in [3.8, 4) is 0 Å². The highest BCUT2D eigenvalue weighted by Crippen LogP contribution is 2.43. The van der Waals surface area contributed by atoms with Crippen molar-refractivity contribution in [1.82, 2.24) is 0 Å². The summed E-state index contributed by atoms with van der Waals surface area (Å²) in [6, 6.07) is 26.3. The lowest BCUT2D eigenvalue weighted by atomic mass is 9.75. The molecule has 0 aliphatic heterocycles. The first-order valence-electron chi connectivity index (χ1n) is 13.8. The van der Waals surface area contributed by atoms with Crippen LogP contribution in [0.15, 0.2) is 84.9 Å². The van der Waals surface area contributed by atoms with Gasteiger partial charge < -0.3 is 10.6 Å². The molecule has 0 fully saturated rings. The molecule has 0 spiro atoms. The lowest BCUT2D eigenvalue weighted by Crippen LogP contribution is -2.22. The van der Waals surface area contributed by atoms with Crippen LogP contribution in [0.2, 0.25) is 10.0 Å². The minimum absolute atomic E-state index is 0.111. The molecule has 4 nitrogen and oxygen atoms in total. The van der Waals surface area contributed by atoms with Crippen molar-refractivity contribution in [2.45, 2.75) is 58.8 Å². The molecule has 4 aromatic rings. The van der Waals surface area contributed by atoms with Crippen LogP contribution in [0.25, 0.3) is 0 Å². The van der Waals surface area contributed by atoms with Gasteiger partial charge in [-0.25, -0.2) is 0 Å². The van der Waals surface area contributed by atoms with Crippen LogP contribution in [0.3, 0.4) is 0 Å². The first-order valence-corrected chi connectivity index (χ1v) is 14.6. The van der Waals surface area contributed by atoms with Crippen molar-refractivity contribution in [3.63, 3.8) is 0 Å². The van der Waals surface area contributed by atoms with Crippen LogP contribution in [0.4, 0.5) is 11.4 Å². The van der Waals surface area contributed by atoms with E-state index in [1.165, 1.54) is 0 Å². The standard InChI is InChI=1S/C35H36Cl2N2O2/c1-21(2)27-17-25(19-29(36)31(27)38-33(40)23-13-9-7-10-14-23)35(5,6)26-18-28(22(3)4)32(30(37)20-26)39-34(41)24-15-11-8-12-16-24/h7-22H,1-6H3,(H,38,40)(H,39,41). The van der Waals surface area contributed by atoms with Gasteiger partial charge in [0.05, 0.1) is 21.4 Å². The van der Waals surface area contributed by atoms with Crippen LogP contribution in [0.1, 0.15) is 96.3 Å². The van der Waals surface area contributed by atoms with Crippen molar-refractivity contribution in [2.24, 2.45) is 0 Å². The molecule has 4 rings (SSSR count). The molecule has 0 unspecified atom stereocenters. The van der Waals surface area contributed by atoms with Crippen LogP contribution in [0.5, 0.6) is 0 Å². The minimum atomic E-state index is -0.482. The van der Waals surface area contributed by atoms with E-state index in [9.17, 15) is 9.59 Å². The topological polar surface area (TPSA) is 58.2 Å². The molecule has 2 N–H and O–H groups in total. The maximum absolute atomic E-state index is 13.0. The first-order chi connectivity index (χ1) is 19.4. The van der Waals surface area contributed by atoms with Gasteiger partial charge in [0.2, 0.25) is 0 Å². The van der Waals surface area contributed by atoms with Gasteiger partial charge in [-0.3, -0.25) is 9.59 Å². The number of hydrogen-bond acceptors (Lipinski definition) is 2. The maximum Gasteiger partial charge on any atom is 0.255 e. The third-order valence-electron chi connectivity index (χ3n) is 7.48. The molecular weight excluding hydrogens is 551 g/mol. The smallest absolute Gasteiger partial charge is 0.255 e. The predicted molar refractivity (Wildman–Crippen MR) is 172 cm³/mol. The summed E-state index contributed by atoms with van der Waals surface area (Å²) < 4.78 is 0. The molecule has 0 atom stereocenters. The predicted octanol–water partition coefficient (Wildman–Crippen LogP) is 10.1. The van der Waals surface area contributed by atoms with E-state index in [0.717, 1.165) is 22.3 Å². The molecule has 4 aromatic carbocycles. The highest BCUT2D eigenvalue weighted by atomic mass is 35.5. The number of hydrogen-bond donors (Lipinski definition) is 2. The van der Waals surface area contributed by atoms with E-state index in [-0.39, 0.29) is 23.7 Å². The van der Waals surface area contributed by atoms with Gasteiger partial charge in [-0.2, -0.15) is 0 Å². The molecule has 0 aliphatic rings. The van der Waals surface area contributed by atoms with Crippen molar-refractivity contribution in [3.05, 3.63) is 128 Å². The number of halogens is 2. The molecule has 6 heteroatoms. The van der Waals surface area contributed by atoms with Crippen LogP contribution >= 0.6 is 23.2 Å². The molecule has 0 bridgehead atoms. The normalized spacial score (nSPS) is 11.6. The Morgan fingerprint density at radius 3 is 1.27 bits per heavy atom. The van der Waals surface area contributed by atoms with Gasteiger partial charge in [-0.1, -0.05) is 113 Å². The van der Waals surface area contributed by atoms with Gasteiger partial charge in [0, 0.05) is 16.5 Å². The average Bonchev–Trinajstić information content (AvgIpc) is 2.95. The molecule has 41 heavy (non-hydrogen) atoms. The van der Waals surface area contributed by atoms with Gasteiger partial charge >= 0.3 is 0 Å². The Morgan fingerprint density at radius 2 is 0.951 bits per heavy atom. The van der Waals surface area contributed by atoms with Crippen LogP contribution in [0, 0.1) is 0 Å². The second-order valence-electron chi connectivity index (χ2n) is 11.4.